The Balaban J connectivity index is 1.61. The van der Waals surface area contributed by atoms with Gasteiger partial charge in [-0.15, -0.1) is 4.79 Å². The molecule has 0 fully saturated rings. The maximum Gasteiger partial charge on any atom is 0.504 e. The highest BCUT2D eigenvalue weighted by Crippen LogP contribution is 2.37. The number of sulfone groups is 2. The second kappa shape index (κ2) is 26.4. The molecule has 0 atom stereocenters. The van der Waals surface area contributed by atoms with Gasteiger partial charge in [0.1, 0.15) is 0 Å². The zero-order valence-electron chi connectivity index (χ0n) is 37.2. The molecule has 336 valence electrons. The van der Waals surface area contributed by atoms with E-state index < -0.39 is 24.1 Å². The van der Waals surface area contributed by atoms with Crippen LogP contribution in [-0.2, 0) is 19.7 Å². The van der Waals surface area contributed by atoms with Crippen LogP contribution in [0.5, 0.6) is 23.0 Å². The number of fused-ring (bicyclic) bond motifs is 2. The molecule has 0 amide bonds. The second-order valence-corrected chi connectivity index (χ2v) is 20.0. The van der Waals surface area contributed by atoms with E-state index in [0.717, 1.165) is 103 Å². The van der Waals surface area contributed by atoms with Crippen LogP contribution in [-0.4, -0.2) is 52.4 Å². The van der Waals surface area contributed by atoms with E-state index in [-0.39, 0.29) is 9.79 Å². The van der Waals surface area contributed by atoms with E-state index in [0.29, 0.717) is 71.0 Å². The minimum Gasteiger partial charge on any atom is -0.490 e. The number of unbranched alkanes of at least 4 members (excludes halogenated alkanes) is 16. The van der Waals surface area contributed by atoms with Crippen molar-refractivity contribution >= 4 is 45.6 Å². The van der Waals surface area contributed by atoms with E-state index >= 15 is 0 Å². The molecule has 12 heteroatoms. The predicted molar refractivity (Wildman–Crippen MR) is 248 cm³/mol. The zero-order valence-corrected chi connectivity index (χ0v) is 38.9. The van der Waals surface area contributed by atoms with E-state index in [1.54, 1.807) is 24.3 Å². The molecule has 0 saturated heterocycles. The van der Waals surface area contributed by atoms with E-state index in [4.69, 9.17) is 18.9 Å². The van der Waals surface area contributed by atoms with Crippen molar-refractivity contribution in [3.8, 4) is 23.0 Å². The number of rotatable bonds is 30. The Hall–Kier alpha value is -4.12. The fourth-order valence-corrected chi connectivity index (χ4v) is 10.7. The van der Waals surface area contributed by atoms with Gasteiger partial charge >= 0.3 is 4.38 Å². The highest BCUT2D eigenvalue weighted by molar-refractivity contribution is 8.31. The van der Waals surface area contributed by atoms with Crippen LogP contribution in [0, 0.1) is 0 Å². The summed E-state index contributed by atoms with van der Waals surface area (Å²) >= 11 is 0. The number of nitrogens with zero attached hydrogens (tertiary/aromatic N) is 2. The van der Waals surface area contributed by atoms with E-state index in [1.807, 2.05) is 12.1 Å². The van der Waals surface area contributed by atoms with Crippen molar-refractivity contribution in [1.29, 1.82) is 0 Å². The summed E-state index contributed by atoms with van der Waals surface area (Å²) in [5.41, 5.74) is 10.1. The summed E-state index contributed by atoms with van der Waals surface area (Å²) in [4.78, 5) is 2.25. The fourth-order valence-electron chi connectivity index (χ4n) is 7.26. The average Bonchev–Trinajstić information content (AvgIpc) is 3.25. The lowest BCUT2D eigenvalue weighted by atomic mass is 10.1. The lowest BCUT2D eigenvalue weighted by Gasteiger charge is -2.15. The first-order valence-electron chi connectivity index (χ1n) is 23.0. The fraction of sp³-hybridized carbons (Fsp3) is 0.571. The quantitative estimate of drug-likeness (QED) is 0.0166. The summed E-state index contributed by atoms with van der Waals surface area (Å²) in [7, 11) is -9.68. The molecule has 0 saturated carbocycles. The third kappa shape index (κ3) is 15.0. The van der Waals surface area contributed by atoms with Crippen molar-refractivity contribution in [2.75, 3.05) is 26.4 Å². The van der Waals surface area contributed by atoms with Gasteiger partial charge in [0.15, 0.2) is 23.0 Å². The number of hydrogen-bond donors (Lipinski definition) is 0. The average molecular weight is 879 g/mol. The van der Waals surface area contributed by atoms with Crippen LogP contribution in [0.25, 0.3) is 27.1 Å². The van der Waals surface area contributed by atoms with Crippen LogP contribution in [0.4, 0.5) is 0 Å². The van der Waals surface area contributed by atoms with Gasteiger partial charge in [-0.1, -0.05) is 143 Å². The lowest BCUT2D eigenvalue weighted by molar-refractivity contribution is 0.00380. The van der Waals surface area contributed by atoms with E-state index in [2.05, 4.69) is 32.5 Å². The summed E-state index contributed by atoms with van der Waals surface area (Å²) in [6, 6.07) is 15.7. The minimum atomic E-state index is -4.84. The summed E-state index contributed by atoms with van der Waals surface area (Å²) in [5.74, 6) is 2.13. The smallest absolute Gasteiger partial charge is 0.490 e. The molecular weight excluding hydrogens is 809 g/mol. The molecule has 61 heavy (non-hydrogen) atoms. The Morgan fingerprint density at radius 3 is 0.967 bits per heavy atom. The van der Waals surface area contributed by atoms with Crippen LogP contribution < -0.4 is 18.9 Å². The summed E-state index contributed by atoms with van der Waals surface area (Å²) < 4.78 is 79.9. The van der Waals surface area contributed by atoms with Gasteiger partial charge < -0.3 is 24.5 Å². The molecule has 0 aliphatic carbocycles. The van der Waals surface area contributed by atoms with Crippen molar-refractivity contribution in [2.45, 2.75) is 166 Å². The van der Waals surface area contributed by atoms with Crippen molar-refractivity contribution in [3.63, 3.8) is 0 Å². The Bertz CT molecular complexity index is 2080. The van der Waals surface area contributed by atoms with Crippen LogP contribution >= 0.6 is 0 Å². The topological polar surface area (TPSA) is 142 Å². The Labute approximate surface area is 366 Å². The van der Waals surface area contributed by atoms with Crippen LogP contribution in [0.3, 0.4) is 0 Å². The molecule has 0 unspecified atom stereocenters. The highest BCUT2D eigenvalue weighted by atomic mass is 32.3. The van der Waals surface area contributed by atoms with E-state index in [9.17, 15) is 22.4 Å². The molecule has 0 bridgehead atoms. The first-order chi connectivity index (χ1) is 29.6. The van der Waals surface area contributed by atoms with Gasteiger partial charge in [0.2, 0.25) is 0 Å². The Morgan fingerprint density at radius 2 is 0.689 bits per heavy atom. The van der Waals surface area contributed by atoms with Gasteiger partial charge in [0, 0.05) is 0 Å². The van der Waals surface area contributed by atoms with Crippen LogP contribution in [0.1, 0.15) is 156 Å². The molecule has 10 nitrogen and oxygen atoms in total. The molecule has 0 N–H and O–H groups in total. The molecule has 0 spiro atoms. The lowest BCUT2D eigenvalue weighted by Crippen LogP contribution is -2.26. The predicted octanol–water partition coefficient (Wildman–Crippen LogP) is 13.2. The maximum atomic E-state index is 14.1. The highest BCUT2D eigenvalue weighted by Gasteiger charge is 2.44. The maximum absolute atomic E-state index is 14.1. The molecule has 4 aromatic carbocycles. The largest absolute Gasteiger partial charge is 0.504 e. The van der Waals surface area contributed by atoms with Gasteiger partial charge in [-0.3, -0.25) is 0 Å². The van der Waals surface area contributed by atoms with Crippen molar-refractivity contribution in [1.82, 2.24) is 0 Å². The molecule has 0 aliphatic rings. The molecule has 0 aliphatic heterocycles. The Morgan fingerprint density at radius 1 is 0.410 bits per heavy atom. The molecular formula is C49H70N2O8S2. The molecule has 0 heterocycles. The monoisotopic (exact) mass is 878 g/mol. The number of ether oxygens (including phenoxy) is 4. The first-order valence-corrected chi connectivity index (χ1v) is 26.0. The third-order valence-corrected chi connectivity index (χ3v) is 15.1. The van der Waals surface area contributed by atoms with Gasteiger partial charge in [-0.2, -0.15) is 0 Å². The third-order valence-electron chi connectivity index (χ3n) is 10.9. The van der Waals surface area contributed by atoms with Gasteiger partial charge in [0.05, 0.1) is 36.2 Å². The SMILES string of the molecule is CCCCCCCOc1cc2ccc(S(=O)(=O)C(=[N+]=[N-])S(=O)(=O)c3ccc4cc(OCCCCCCC)c(OCCCCCCC)cc4c3)cc2cc1OCCCCCCC. The first kappa shape index (κ1) is 49.5. The second-order valence-electron chi connectivity index (χ2n) is 16.0. The van der Waals surface area contributed by atoms with Crippen LogP contribution in [0.15, 0.2) is 70.5 Å². The van der Waals surface area contributed by atoms with Gasteiger partial charge in [-0.05, 0) is 95.8 Å². The number of benzene rings is 4. The standard InChI is InChI=1S/C49H70N2O8S2/c1-5-9-13-17-21-29-56-45-35-39-25-27-43(33-41(39)37-47(45)58-31-23-19-15-11-7-3)60(52,53)49(51-50)61(54,55)44-28-26-40-36-46(57-30-22-18-14-10-6-2)48(38-42(40)34-44)59-32-24-20-16-12-8-4/h25-28,33-38H,5-24,29-32H2,1-4H3. The summed E-state index contributed by atoms with van der Waals surface area (Å²) in [5, 5.41) is 2.40. The molecule has 0 radical (unpaired) electrons. The van der Waals surface area contributed by atoms with Crippen molar-refractivity contribution in [3.05, 3.63) is 66.2 Å². The van der Waals surface area contributed by atoms with Crippen molar-refractivity contribution < 1.29 is 40.6 Å². The van der Waals surface area contributed by atoms with Gasteiger partial charge in [-0.25, -0.2) is 16.8 Å². The summed E-state index contributed by atoms with van der Waals surface area (Å²) in [6.07, 6.45) is 21.6. The van der Waals surface area contributed by atoms with Crippen molar-refractivity contribution in [2.24, 2.45) is 0 Å². The Kier molecular flexibility index (Phi) is 21.4. The normalized spacial score (nSPS) is 11.8. The van der Waals surface area contributed by atoms with E-state index in [1.165, 1.54) is 49.9 Å². The zero-order chi connectivity index (χ0) is 43.9. The summed E-state index contributed by atoms with van der Waals surface area (Å²) in [6.45, 7) is 10.7. The minimum absolute atomic E-state index is 0.335. The molecule has 0 aromatic heterocycles. The molecule has 4 rings (SSSR count). The van der Waals surface area contributed by atoms with Gasteiger partial charge in [0.25, 0.3) is 19.7 Å². The molecule has 4 aromatic rings. The number of hydrogen-bond acceptors (Lipinski definition) is 8. The van der Waals surface area contributed by atoms with Crippen LogP contribution in [0.2, 0.25) is 0 Å².